The highest BCUT2D eigenvalue weighted by atomic mass is 16.6. The summed E-state index contributed by atoms with van der Waals surface area (Å²) in [4.78, 5) is 23.2. The lowest BCUT2D eigenvalue weighted by molar-refractivity contribution is -0.149. The summed E-state index contributed by atoms with van der Waals surface area (Å²) in [6.07, 6.45) is -0.200. The Kier molecular flexibility index (Phi) is 9.09. The van der Waals surface area contributed by atoms with Gasteiger partial charge in [0.05, 0.1) is 30.8 Å². The van der Waals surface area contributed by atoms with Gasteiger partial charge in [-0.2, -0.15) is 0 Å². The summed E-state index contributed by atoms with van der Waals surface area (Å²) in [6, 6.07) is 0. The predicted molar refractivity (Wildman–Crippen MR) is 87.1 cm³/mol. The Balaban J connectivity index is 3.85. The number of rotatable bonds is 9. The third-order valence-electron chi connectivity index (χ3n) is 2.38. The number of hydrogen-bond acceptors (Lipinski definition) is 6. The second-order valence-corrected chi connectivity index (χ2v) is 7.06. The average molecular weight is 330 g/mol. The maximum atomic E-state index is 11.7. The van der Waals surface area contributed by atoms with E-state index in [1.54, 1.807) is 0 Å². The van der Waals surface area contributed by atoms with Gasteiger partial charge in [0.25, 0.3) is 0 Å². The molecule has 0 bridgehead atoms. The first kappa shape index (κ1) is 21.6. The van der Waals surface area contributed by atoms with Crippen LogP contribution in [0.5, 0.6) is 0 Å². The van der Waals surface area contributed by atoms with Crippen molar-refractivity contribution in [1.29, 1.82) is 0 Å². The van der Waals surface area contributed by atoms with E-state index in [9.17, 15) is 9.59 Å². The minimum atomic E-state index is -0.620. The van der Waals surface area contributed by atoms with Crippen molar-refractivity contribution in [3.63, 3.8) is 0 Å². The van der Waals surface area contributed by atoms with Crippen LogP contribution in [0.2, 0.25) is 0 Å². The first-order valence-corrected chi connectivity index (χ1v) is 7.69. The number of carbonyl (C=O) groups is 2. The molecule has 0 atom stereocenters. The second-order valence-electron chi connectivity index (χ2n) is 7.06. The molecule has 0 aromatic heterocycles. The molecular weight excluding hydrogens is 300 g/mol. The van der Waals surface area contributed by atoms with E-state index in [2.05, 4.69) is 6.58 Å². The summed E-state index contributed by atoms with van der Waals surface area (Å²) in [6.45, 7) is 15.9. The lowest BCUT2D eigenvalue weighted by atomic mass is 10.2. The van der Waals surface area contributed by atoms with Crippen molar-refractivity contribution in [2.24, 2.45) is 0 Å². The Labute approximate surface area is 139 Å². The third kappa shape index (κ3) is 14.0. The van der Waals surface area contributed by atoms with Gasteiger partial charge in [-0.15, -0.1) is 0 Å². The highest BCUT2D eigenvalue weighted by molar-refractivity contribution is 5.93. The van der Waals surface area contributed by atoms with Crippen molar-refractivity contribution < 1.29 is 28.5 Å². The largest absolute Gasteiger partial charge is 0.463 e. The van der Waals surface area contributed by atoms with Crippen LogP contribution in [0.1, 0.15) is 48.0 Å². The molecule has 0 spiro atoms. The Morgan fingerprint density at radius 3 is 1.65 bits per heavy atom. The highest BCUT2D eigenvalue weighted by Crippen LogP contribution is 2.08. The standard InChI is InChI=1S/C17H30O6/c1-13(15(19)21-9-11-23-17(5,6)7)12-14(18)20-8-10-22-16(2,3)4/h1,8-12H2,2-7H3. The Morgan fingerprint density at radius 1 is 0.783 bits per heavy atom. The fourth-order valence-corrected chi connectivity index (χ4v) is 1.39. The molecule has 0 aromatic rings. The average Bonchev–Trinajstić information content (AvgIpc) is 2.37. The molecule has 0 radical (unpaired) electrons. The fourth-order valence-electron chi connectivity index (χ4n) is 1.39. The molecule has 134 valence electrons. The smallest absolute Gasteiger partial charge is 0.334 e. The zero-order chi connectivity index (χ0) is 18.1. The zero-order valence-corrected chi connectivity index (χ0v) is 15.2. The maximum absolute atomic E-state index is 11.7. The van der Waals surface area contributed by atoms with Crippen LogP contribution in [-0.4, -0.2) is 49.6 Å². The number of carbonyl (C=O) groups excluding carboxylic acids is 2. The van der Waals surface area contributed by atoms with Crippen LogP contribution < -0.4 is 0 Å². The lowest BCUT2D eigenvalue weighted by Crippen LogP contribution is -2.24. The minimum Gasteiger partial charge on any atom is -0.463 e. The number of ether oxygens (including phenoxy) is 4. The molecule has 0 aliphatic carbocycles. The molecule has 0 amide bonds. The first-order valence-electron chi connectivity index (χ1n) is 7.69. The quantitative estimate of drug-likeness (QED) is 0.368. The first-order chi connectivity index (χ1) is 10.4. The van der Waals surface area contributed by atoms with Crippen LogP contribution in [0, 0.1) is 0 Å². The monoisotopic (exact) mass is 330 g/mol. The van der Waals surface area contributed by atoms with Gasteiger partial charge >= 0.3 is 11.9 Å². The molecule has 23 heavy (non-hydrogen) atoms. The predicted octanol–water partition coefficient (Wildman–Crippen LogP) is 2.65. The normalized spacial score (nSPS) is 11.9. The van der Waals surface area contributed by atoms with Gasteiger partial charge in [-0.3, -0.25) is 4.79 Å². The molecule has 6 nitrogen and oxygen atoms in total. The lowest BCUT2D eigenvalue weighted by Gasteiger charge is -2.19. The van der Waals surface area contributed by atoms with Gasteiger partial charge in [-0.05, 0) is 41.5 Å². The van der Waals surface area contributed by atoms with E-state index in [4.69, 9.17) is 18.9 Å². The molecule has 0 N–H and O–H groups in total. The molecule has 0 heterocycles. The SMILES string of the molecule is C=C(CC(=O)OCCOC(C)(C)C)C(=O)OCCOC(C)(C)C. The highest BCUT2D eigenvalue weighted by Gasteiger charge is 2.16. The Bertz CT molecular complexity index is 400. The van der Waals surface area contributed by atoms with Crippen LogP contribution in [0.4, 0.5) is 0 Å². The molecule has 0 saturated heterocycles. The summed E-state index contributed by atoms with van der Waals surface area (Å²) >= 11 is 0. The minimum absolute atomic E-state index is 0.0579. The van der Waals surface area contributed by atoms with Crippen molar-refractivity contribution in [3.8, 4) is 0 Å². The maximum Gasteiger partial charge on any atom is 0.334 e. The van der Waals surface area contributed by atoms with Gasteiger partial charge < -0.3 is 18.9 Å². The topological polar surface area (TPSA) is 71.1 Å². The van der Waals surface area contributed by atoms with Gasteiger partial charge in [-0.25, -0.2) is 4.79 Å². The Hall–Kier alpha value is -1.40. The summed E-state index contributed by atoms with van der Waals surface area (Å²) < 4.78 is 20.8. The molecule has 0 saturated carbocycles. The number of esters is 2. The molecule has 0 fully saturated rings. The summed E-state index contributed by atoms with van der Waals surface area (Å²) in [5.41, 5.74) is -0.514. The van der Waals surface area contributed by atoms with Gasteiger partial charge in [0, 0.05) is 5.57 Å². The molecule has 0 unspecified atom stereocenters. The van der Waals surface area contributed by atoms with E-state index in [0.29, 0.717) is 6.61 Å². The molecule has 0 aliphatic heterocycles. The third-order valence-corrected chi connectivity index (χ3v) is 2.38. The summed E-state index contributed by atoms with van der Waals surface area (Å²) in [5, 5.41) is 0. The second kappa shape index (κ2) is 9.67. The van der Waals surface area contributed by atoms with E-state index in [1.165, 1.54) is 0 Å². The van der Waals surface area contributed by atoms with Gasteiger partial charge in [0.1, 0.15) is 13.2 Å². The zero-order valence-electron chi connectivity index (χ0n) is 15.2. The van der Waals surface area contributed by atoms with Crippen molar-refractivity contribution in [2.45, 2.75) is 59.2 Å². The molecule has 6 heteroatoms. The summed E-state index contributed by atoms with van der Waals surface area (Å²) in [5.74, 6) is -1.15. The molecule has 0 rings (SSSR count). The Morgan fingerprint density at radius 2 is 1.22 bits per heavy atom. The van der Waals surface area contributed by atoms with E-state index in [1.807, 2.05) is 41.5 Å². The van der Waals surface area contributed by atoms with Crippen LogP contribution in [0.15, 0.2) is 12.2 Å². The van der Waals surface area contributed by atoms with Crippen molar-refractivity contribution in [2.75, 3.05) is 26.4 Å². The molecule has 0 aromatic carbocycles. The van der Waals surface area contributed by atoms with E-state index in [-0.39, 0.29) is 43.0 Å². The van der Waals surface area contributed by atoms with Gasteiger partial charge in [-0.1, -0.05) is 6.58 Å². The number of hydrogen-bond donors (Lipinski definition) is 0. The van der Waals surface area contributed by atoms with Crippen LogP contribution in [0.3, 0.4) is 0 Å². The van der Waals surface area contributed by atoms with Crippen molar-refractivity contribution in [1.82, 2.24) is 0 Å². The van der Waals surface area contributed by atoms with E-state index < -0.39 is 11.9 Å². The van der Waals surface area contributed by atoms with Crippen molar-refractivity contribution in [3.05, 3.63) is 12.2 Å². The van der Waals surface area contributed by atoms with Crippen LogP contribution in [-0.2, 0) is 28.5 Å². The van der Waals surface area contributed by atoms with Gasteiger partial charge in [0.2, 0.25) is 0 Å². The van der Waals surface area contributed by atoms with Crippen LogP contribution in [0.25, 0.3) is 0 Å². The molecular formula is C17H30O6. The van der Waals surface area contributed by atoms with Gasteiger partial charge in [0.15, 0.2) is 0 Å². The van der Waals surface area contributed by atoms with Crippen LogP contribution >= 0.6 is 0 Å². The van der Waals surface area contributed by atoms with Crippen molar-refractivity contribution >= 4 is 11.9 Å². The summed E-state index contributed by atoms with van der Waals surface area (Å²) in [7, 11) is 0. The van der Waals surface area contributed by atoms with E-state index >= 15 is 0 Å². The fraction of sp³-hybridized carbons (Fsp3) is 0.765. The van der Waals surface area contributed by atoms with E-state index in [0.717, 1.165) is 0 Å². The molecule has 0 aliphatic rings.